The van der Waals surface area contributed by atoms with E-state index < -0.39 is 17.4 Å². The third-order valence-corrected chi connectivity index (χ3v) is 9.71. The van der Waals surface area contributed by atoms with Crippen molar-refractivity contribution in [3.63, 3.8) is 0 Å². The first-order valence-electron chi connectivity index (χ1n) is 13.8. The molecule has 36 heavy (non-hydrogen) atoms. The van der Waals surface area contributed by atoms with Crippen LogP contribution in [0.2, 0.25) is 0 Å². The number of nitrogens with zero attached hydrogens (tertiary/aromatic N) is 1. The number of allylic oxidation sites excluding steroid dienone is 1. The van der Waals surface area contributed by atoms with Gasteiger partial charge in [0.1, 0.15) is 6.04 Å². The van der Waals surface area contributed by atoms with Gasteiger partial charge in [-0.05, 0) is 80.9 Å². The molecule has 2 N–H and O–H groups in total. The van der Waals surface area contributed by atoms with Gasteiger partial charge in [0.2, 0.25) is 5.91 Å². The number of nitrogens with one attached hydrogen (secondary N) is 2. The molecule has 1 aromatic rings. The minimum absolute atomic E-state index is 0.0577. The summed E-state index contributed by atoms with van der Waals surface area (Å²) in [4.78, 5) is 27.2. The summed E-state index contributed by atoms with van der Waals surface area (Å²) in [5.41, 5.74) is 3.00. The van der Waals surface area contributed by atoms with Crippen molar-refractivity contribution in [2.75, 3.05) is 0 Å². The molecular formula is C29H37F2N3O2. The molecule has 1 unspecified atom stereocenters. The molecule has 6 rings (SSSR count). The Bertz CT molecular complexity index is 1080. The lowest BCUT2D eigenvalue weighted by molar-refractivity contribution is -0.126. The molecule has 0 aromatic heterocycles. The summed E-state index contributed by atoms with van der Waals surface area (Å²) in [6, 6.07) is 6.51. The average molecular weight is 498 g/mol. The molecule has 0 bridgehead atoms. The second kappa shape index (κ2) is 8.93. The monoisotopic (exact) mass is 497 g/mol. The van der Waals surface area contributed by atoms with E-state index in [0.717, 1.165) is 36.9 Å². The van der Waals surface area contributed by atoms with Crippen molar-refractivity contribution >= 4 is 11.8 Å². The van der Waals surface area contributed by atoms with Crippen molar-refractivity contribution in [3.05, 3.63) is 47.2 Å². The Labute approximate surface area is 212 Å². The van der Waals surface area contributed by atoms with Crippen LogP contribution in [0.25, 0.3) is 0 Å². The van der Waals surface area contributed by atoms with Gasteiger partial charge in [0.15, 0.2) is 0 Å². The first-order chi connectivity index (χ1) is 17.2. The number of benzene rings is 1. The van der Waals surface area contributed by atoms with Crippen LogP contribution in [-0.2, 0) is 17.8 Å². The van der Waals surface area contributed by atoms with Gasteiger partial charge in [-0.2, -0.15) is 0 Å². The number of hydrogen-bond donors (Lipinski definition) is 2. The molecule has 5 aliphatic rings. The van der Waals surface area contributed by atoms with Crippen LogP contribution in [0.3, 0.4) is 0 Å². The molecule has 194 valence electrons. The summed E-state index contributed by atoms with van der Waals surface area (Å²) >= 11 is 0. The number of halogens is 2. The summed E-state index contributed by atoms with van der Waals surface area (Å²) in [6.07, 6.45) is 10.1. The van der Waals surface area contributed by atoms with E-state index in [1.54, 1.807) is 4.90 Å². The fraction of sp³-hybridized carbons (Fsp3) is 0.655. The molecule has 0 radical (unpaired) electrons. The highest BCUT2D eigenvalue weighted by molar-refractivity contribution is 6.01. The van der Waals surface area contributed by atoms with E-state index in [2.05, 4.69) is 29.3 Å². The lowest BCUT2D eigenvalue weighted by Crippen LogP contribution is -2.49. The van der Waals surface area contributed by atoms with Crippen molar-refractivity contribution in [2.24, 2.45) is 11.3 Å². The molecule has 2 amide bonds. The Morgan fingerprint density at radius 3 is 2.56 bits per heavy atom. The molecule has 1 spiro atoms. The molecule has 2 heterocycles. The van der Waals surface area contributed by atoms with Gasteiger partial charge in [0.05, 0.1) is 0 Å². The standard InChI is InChI=1S/C29H37F2N3O2/c1-18-6-9-25(26(35)32-18)34-16-21-15-19(7-8-23(21)27(34)36)14-20-4-2-3-5-24(20)33-22-10-12-28(13-11-22)17-29(28,30)31/h7-8,15,20,22,24-25,33H,1-6,9-14,16-17H2,(H,32,35)/t20-,22-,24+,25?,28+/m1/s1. The van der Waals surface area contributed by atoms with Crippen LogP contribution >= 0.6 is 0 Å². The zero-order chi connectivity index (χ0) is 25.1. The Hall–Kier alpha value is -2.28. The molecule has 4 fully saturated rings. The van der Waals surface area contributed by atoms with E-state index in [9.17, 15) is 18.4 Å². The van der Waals surface area contributed by atoms with E-state index in [1.165, 1.54) is 24.8 Å². The number of carbonyl (C=O) groups is 2. The molecule has 3 aliphatic carbocycles. The molecule has 3 saturated carbocycles. The summed E-state index contributed by atoms with van der Waals surface area (Å²) in [7, 11) is 0. The largest absolute Gasteiger partial charge is 0.329 e. The highest BCUT2D eigenvalue weighted by Crippen LogP contribution is 2.67. The van der Waals surface area contributed by atoms with E-state index in [0.29, 0.717) is 55.8 Å². The third-order valence-electron chi connectivity index (χ3n) is 9.71. The molecule has 1 aromatic carbocycles. The first-order valence-corrected chi connectivity index (χ1v) is 13.8. The summed E-state index contributed by atoms with van der Waals surface area (Å²) in [5, 5.41) is 6.68. The maximum atomic E-state index is 13.8. The van der Waals surface area contributed by atoms with Gasteiger partial charge < -0.3 is 15.5 Å². The van der Waals surface area contributed by atoms with E-state index in [-0.39, 0.29) is 18.2 Å². The Morgan fingerprint density at radius 2 is 1.83 bits per heavy atom. The van der Waals surface area contributed by atoms with Crippen molar-refractivity contribution in [2.45, 2.75) is 108 Å². The number of piperidine rings is 1. The number of carbonyl (C=O) groups excluding carboxylic acids is 2. The van der Waals surface area contributed by atoms with Crippen LogP contribution in [0, 0.1) is 11.3 Å². The number of amides is 2. The topological polar surface area (TPSA) is 61.4 Å². The summed E-state index contributed by atoms with van der Waals surface area (Å²) in [6.45, 7) is 4.32. The first kappa shape index (κ1) is 24.1. The molecule has 3 atom stereocenters. The quantitative estimate of drug-likeness (QED) is 0.596. The zero-order valence-electron chi connectivity index (χ0n) is 21.0. The Kier molecular flexibility index (Phi) is 5.97. The molecule has 2 aliphatic heterocycles. The maximum absolute atomic E-state index is 13.8. The second-order valence-corrected chi connectivity index (χ2v) is 12.0. The summed E-state index contributed by atoms with van der Waals surface area (Å²) in [5.74, 6) is -2.11. The summed E-state index contributed by atoms with van der Waals surface area (Å²) < 4.78 is 27.6. The van der Waals surface area contributed by atoms with Gasteiger partial charge in [0.25, 0.3) is 11.8 Å². The molecule has 5 nitrogen and oxygen atoms in total. The third kappa shape index (κ3) is 4.27. The minimum Gasteiger partial charge on any atom is -0.329 e. The Balaban J connectivity index is 1.09. The molecule has 7 heteroatoms. The van der Waals surface area contributed by atoms with Crippen LogP contribution in [0.15, 0.2) is 30.5 Å². The van der Waals surface area contributed by atoms with Gasteiger partial charge >= 0.3 is 0 Å². The van der Waals surface area contributed by atoms with Crippen molar-refractivity contribution < 1.29 is 18.4 Å². The highest BCUT2D eigenvalue weighted by Gasteiger charge is 2.70. The lowest BCUT2D eigenvalue weighted by atomic mass is 9.78. The van der Waals surface area contributed by atoms with Crippen molar-refractivity contribution in [3.8, 4) is 0 Å². The van der Waals surface area contributed by atoms with Crippen LogP contribution in [0.1, 0.15) is 92.1 Å². The van der Waals surface area contributed by atoms with Gasteiger partial charge in [0, 0.05) is 41.7 Å². The predicted octanol–water partition coefficient (Wildman–Crippen LogP) is 5.09. The number of fused-ring (bicyclic) bond motifs is 1. The SMILES string of the molecule is C=C1CCC(N2Cc3cc(C[C@H]4CCCC[C@@H]4N[C@H]4CC[C@@]5(CC4)CC5(F)F)ccc3C2=O)C(=O)N1. The highest BCUT2D eigenvalue weighted by atomic mass is 19.3. The lowest BCUT2D eigenvalue weighted by Gasteiger charge is -2.38. The van der Waals surface area contributed by atoms with Crippen LogP contribution < -0.4 is 10.6 Å². The van der Waals surface area contributed by atoms with Gasteiger partial charge in [-0.3, -0.25) is 9.59 Å². The fourth-order valence-electron chi connectivity index (χ4n) is 7.37. The van der Waals surface area contributed by atoms with Crippen molar-refractivity contribution in [1.82, 2.24) is 15.5 Å². The molecule has 1 saturated heterocycles. The van der Waals surface area contributed by atoms with Crippen LogP contribution in [-0.4, -0.2) is 40.8 Å². The van der Waals surface area contributed by atoms with Gasteiger partial charge in [-0.25, -0.2) is 8.78 Å². The molecular weight excluding hydrogens is 460 g/mol. The van der Waals surface area contributed by atoms with E-state index >= 15 is 0 Å². The zero-order valence-corrected chi connectivity index (χ0v) is 21.0. The van der Waals surface area contributed by atoms with E-state index in [1.807, 2.05) is 6.07 Å². The second-order valence-electron chi connectivity index (χ2n) is 12.0. The smallest absolute Gasteiger partial charge is 0.255 e. The van der Waals surface area contributed by atoms with Gasteiger partial charge in [-0.15, -0.1) is 0 Å². The average Bonchev–Trinajstić information content (AvgIpc) is 3.22. The van der Waals surface area contributed by atoms with Crippen LogP contribution in [0.5, 0.6) is 0 Å². The predicted molar refractivity (Wildman–Crippen MR) is 133 cm³/mol. The maximum Gasteiger partial charge on any atom is 0.255 e. The van der Waals surface area contributed by atoms with E-state index in [4.69, 9.17) is 0 Å². The number of alkyl halides is 2. The minimum atomic E-state index is -2.43. The Morgan fingerprint density at radius 1 is 1.08 bits per heavy atom. The normalized spacial score (nSPS) is 35.6. The number of rotatable bonds is 5. The van der Waals surface area contributed by atoms with Crippen molar-refractivity contribution in [1.29, 1.82) is 0 Å². The number of hydrogen-bond acceptors (Lipinski definition) is 3. The van der Waals surface area contributed by atoms with Gasteiger partial charge in [-0.1, -0.05) is 31.6 Å². The van der Waals surface area contributed by atoms with Crippen LogP contribution in [0.4, 0.5) is 8.78 Å². The fourth-order valence-corrected chi connectivity index (χ4v) is 7.37.